The van der Waals surface area contributed by atoms with Gasteiger partial charge in [0.15, 0.2) is 6.10 Å². The van der Waals surface area contributed by atoms with Gasteiger partial charge in [0.05, 0.1) is 12.0 Å². The molecule has 3 fully saturated rings. The van der Waals surface area contributed by atoms with Gasteiger partial charge < -0.3 is 5.32 Å². The van der Waals surface area contributed by atoms with E-state index in [2.05, 4.69) is 22.3 Å². The Morgan fingerprint density at radius 3 is 2.40 bits per heavy atom. The summed E-state index contributed by atoms with van der Waals surface area (Å²) >= 11 is 6.05. The minimum Gasteiger partial charge on any atom is -0.352 e. The van der Waals surface area contributed by atoms with E-state index >= 15 is 0 Å². The Labute approximate surface area is 209 Å². The fourth-order valence-electron chi connectivity index (χ4n) is 5.27. The lowest BCUT2D eigenvalue weighted by Crippen LogP contribution is -2.47. The van der Waals surface area contributed by atoms with E-state index in [0.717, 1.165) is 42.9 Å². The molecule has 5 rings (SSSR count). The highest BCUT2D eigenvalue weighted by molar-refractivity contribution is 6.30. The first kappa shape index (κ1) is 23.9. The number of likely N-dealkylation sites (tertiary alicyclic amines) is 2. The van der Waals surface area contributed by atoms with Crippen molar-refractivity contribution in [2.24, 2.45) is 5.92 Å². The molecule has 8 nitrogen and oxygen atoms in total. The first-order valence-corrected chi connectivity index (χ1v) is 12.3. The number of hydrogen-bond acceptors (Lipinski definition) is 6. The second-order valence-corrected chi connectivity index (χ2v) is 9.90. The zero-order valence-corrected chi connectivity index (χ0v) is 20.4. The molecule has 3 amide bonds. The van der Waals surface area contributed by atoms with Gasteiger partial charge >= 0.3 is 0 Å². The number of likely N-dealkylation sites (N-methyl/N-ethyl adjacent to an activating group) is 1. The van der Waals surface area contributed by atoms with Crippen molar-refractivity contribution in [3.63, 3.8) is 0 Å². The summed E-state index contributed by atoms with van der Waals surface area (Å²) in [4.78, 5) is 47.8. The van der Waals surface area contributed by atoms with E-state index < -0.39 is 18.1 Å². The van der Waals surface area contributed by atoms with Crippen LogP contribution in [0.4, 0.5) is 0 Å². The summed E-state index contributed by atoms with van der Waals surface area (Å²) in [5, 5.41) is 5.17. The molecule has 3 aliphatic heterocycles. The maximum absolute atomic E-state index is 13.0. The van der Waals surface area contributed by atoms with Crippen molar-refractivity contribution in [3.05, 3.63) is 70.7 Å². The van der Waals surface area contributed by atoms with Gasteiger partial charge in [-0.3, -0.25) is 29.0 Å². The summed E-state index contributed by atoms with van der Waals surface area (Å²) in [6.07, 6.45) is 0.822. The predicted octanol–water partition coefficient (Wildman–Crippen LogP) is 2.39. The van der Waals surface area contributed by atoms with E-state index in [-0.39, 0.29) is 30.3 Å². The van der Waals surface area contributed by atoms with Gasteiger partial charge in [-0.2, -0.15) is 5.06 Å². The van der Waals surface area contributed by atoms with Gasteiger partial charge in [-0.15, -0.1) is 0 Å². The molecule has 3 saturated heterocycles. The van der Waals surface area contributed by atoms with Crippen LogP contribution in [0, 0.1) is 5.92 Å². The lowest BCUT2D eigenvalue weighted by atomic mass is 9.91. The number of halogens is 1. The third-order valence-corrected chi connectivity index (χ3v) is 7.38. The number of piperidine rings is 1. The standard InChI is InChI=1S/C26H29ClN4O4/c1-29-25(33)22-23(18-7-9-19(27)10-8-18)31(35-24(22)26(29)34)16-21(32)28-20-11-13-30(14-12-20)15-17-5-3-2-4-6-17/h2-10,20,22-24H,11-16H2,1H3,(H,28,32). The van der Waals surface area contributed by atoms with Crippen LogP contribution in [0.1, 0.15) is 30.0 Å². The van der Waals surface area contributed by atoms with Crippen LogP contribution in [0.2, 0.25) is 5.02 Å². The van der Waals surface area contributed by atoms with Crippen molar-refractivity contribution in [1.29, 1.82) is 0 Å². The number of imide groups is 1. The van der Waals surface area contributed by atoms with Crippen LogP contribution >= 0.6 is 11.6 Å². The Kier molecular flexibility index (Phi) is 6.88. The Balaban J connectivity index is 1.21. The average Bonchev–Trinajstić information content (AvgIpc) is 3.32. The van der Waals surface area contributed by atoms with E-state index in [9.17, 15) is 14.4 Å². The average molecular weight is 497 g/mol. The molecule has 1 N–H and O–H groups in total. The fourth-order valence-corrected chi connectivity index (χ4v) is 5.40. The van der Waals surface area contributed by atoms with Gasteiger partial charge in [0, 0.05) is 37.7 Å². The highest BCUT2D eigenvalue weighted by Gasteiger charge is 2.58. The van der Waals surface area contributed by atoms with Crippen LogP contribution in [0.5, 0.6) is 0 Å². The molecular formula is C26H29ClN4O4. The summed E-state index contributed by atoms with van der Waals surface area (Å²) < 4.78 is 0. The van der Waals surface area contributed by atoms with Crippen LogP contribution in [0.15, 0.2) is 54.6 Å². The molecular weight excluding hydrogens is 468 g/mol. The van der Waals surface area contributed by atoms with Crippen molar-refractivity contribution in [1.82, 2.24) is 20.2 Å². The minimum absolute atomic E-state index is 0.0607. The second-order valence-electron chi connectivity index (χ2n) is 9.46. The molecule has 184 valence electrons. The summed E-state index contributed by atoms with van der Waals surface area (Å²) in [5.41, 5.74) is 2.06. The Bertz CT molecular complexity index is 1090. The normalized spacial score (nSPS) is 25.8. The minimum atomic E-state index is -0.915. The molecule has 9 heteroatoms. The van der Waals surface area contributed by atoms with Crippen LogP contribution in [0.3, 0.4) is 0 Å². The predicted molar refractivity (Wildman–Crippen MR) is 130 cm³/mol. The van der Waals surface area contributed by atoms with Crippen molar-refractivity contribution < 1.29 is 19.2 Å². The van der Waals surface area contributed by atoms with E-state index in [1.807, 2.05) is 30.3 Å². The molecule has 0 aliphatic carbocycles. The molecule has 0 saturated carbocycles. The maximum atomic E-state index is 13.0. The third kappa shape index (κ3) is 4.97. The number of hydroxylamine groups is 2. The molecule has 2 aromatic rings. The Hall–Kier alpha value is -2.78. The highest BCUT2D eigenvalue weighted by Crippen LogP contribution is 2.44. The molecule has 35 heavy (non-hydrogen) atoms. The fraction of sp³-hybridized carbons (Fsp3) is 0.423. The summed E-state index contributed by atoms with van der Waals surface area (Å²) in [6, 6.07) is 17.0. The van der Waals surface area contributed by atoms with Crippen LogP contribution in [0.25, 0.3) is 0 Å². The molecule has 3 unspecified atom stereocenters. The number of carbonyl (C=O) groups excluding carboxylic acids is 3. The lowest BCUT2D eigenvalue weighted by molar-refractivity contribution is -0.182. The first-order chi connectivity index (χ1) is 16.9. The maximum Gasteiger partial charge on any atom is 0.261 e. The van der Waals surface area contributed by atoms with Gasteiger partial charge in [-0.1, -0.05) is 54.1 Å². The van der Waals surface area contributed by atoms with Crippen LogP contribution < -0.4 is 5.32 Å². The summed E-state index contributed by atoms with van der Waals surface area (Å²) in [6.45, 7) is 2.67. The molecule has 0 spiro atoms. The Morgan fingerprint density at radius 1 is 1.03 bits per heavy atom. The van der Waals surface area contributed by atoms with Gasteiger partial charge in [0.2, 0.25) is 11.8 Å². The SMILES string of the molecule is CN1C(=O)C2ON(CC(=O)NC3CCN(Cc4ccccc4)CC3)C(c3ccc(Cl)cc3)C2C1=O. The quantitative estimate of drug-likeness (QED) is 0.618. The first-order valence-electron chi connectivity index (χ1n) is 12.0. The number of nitrogens with zero attached hydrogens (tertiary/aromatic N) is 3. The third-order valence-electron chi connectivity index (χ3n) is 7.13. The second kappa shape index (κ2) is 10.1. The summed E-state index contributed by atoms with van der Waals surface area (Å²) in [7, 11) is 1.46. The molecule has 3 atom stereocenters. The monoisotopic (exact) mass is 496 g/mol. The van der Waals surface area contributed by atoms with Crippen molar-refractivity contribution >= 4 is 29.3 Å². The Morgan fingerprint density at radius 2 is 1.71 bits per heavy atom. The number of nitrogens with one attached hydrogen (secondary N) is 1. The highest BCUT2D eigenvalue weighted by atomic mass is 35.5. The number of carbonyl (C=O) groups is 3. The molecule has 3 heterocycles. The van der Waals surface area contributed by atoms with Gasteiger partial charge in [-0.05, 0) is 36.1 Å². The van der Waals surface area contributed by atoms with E-state index in [4.69, 9.17) is 16.4 Å². The van der Waals surface area contributed by atoms with E-state index in [0.29, 0.717) is 5.02 Å². The summed E-state index contributed by atoms with van der Waals surface area (Å²) in [5.74, 6) is -1.55. The largest absolute Gasteiger partial charge is 0.352 e. The van der Waals surface area contributed by atoms with Crippen molar-refractivity contribution in [3.8, 4) is 0 Å². The lowest BCUT2D eigenvalue weighted by Gasteiger charge is -2.33. The number of hydrogen-bond donors (Lipinski definition) is 1. The van der Waals surface area contributed by atoms with Gasteiger partial charge in [0.25, 0.3) is 5.91 Å². The van der Waals surface area contributed by atoms with Gasteiger partial charge in [-0.25, -0.2) is 0 Å². The van der Waals surface area contributed by atoms with E-state index in [1.165, 1.54) is 17.7 Å². The van der Waals surface area contributed by atoms with Gasteiger partial charge in [0.1, 0.15) is 6.54 Å². The molecule has 0 radical (unpaired) electrons. The molecule has 0 bridgehead atoms. The number of fused-ring (bicyclic) bond motifs is 1. The van der Waals surface area contributed by atoms with Crippen molar-refractivity contribution in [2.45, 2.75) is 37.6 Å². The zero-order valence-electron chi connectivity index (χ0n) is 19.6. The molecule has 2 aromatic carbocycles. The smallest absolute Gasteiger partial charge is 0.261 e. The molecule has 3 aliphatic rings. The topological polar surface area (TPSA) is 82.2 Å². The van der Waals surface area contributed by atoms with E-state index in [1.54, 1.807) is 12.1 Å². The number of amides is 3. The van der Waals surface area contributed by atoms with Crippen LogP contribution in [-0.2, 0) is 25.8 Å². The number of rotatable bonds is 6. The number of benzene rings is 2. The van der Waals surface area contributed by atoms with Crippen LogP contribution in [-0.4, -0.2) is 71.4 Å². The zero-order chi connectivity index (χ0) is 24.5. The van der Waals surface area contributed by atoms with Crippen molar-refractivity contribution in [2.75, 3.05) is 26.7 Å². The molecule has 0 aromatic heterocycles.